The Morgan fingerprint density at radius 1 is 0.905 bits per heavy atom. The van der Waals surface area contributed by atoms with Crippen LogP contribution in [0, 0.1) is 0 Å². The summed E-state index contributed by atoms with van der Waals surface area (Å²) in [6, 6.07) is 7.52. The average Bonchev–Trinajstić information content (AvgIpc) is 2.50. The van der Waals surface area contributed by atoms with Crippen molar-refractivity contribution in [2.45, 2.75) is 77.6 Å². The lowest BCUT2D eigenvalue weighted by molar-refractivity contribution is 0.0697. The van der Waals surface area contributed by atoms with Gasteiger partial charge in [-0.15, -0.1) is 0 Å². The molecule has 118 valence electrons. The number of hydrogen-bond acceptors (Lipinski definition) is 1. The number of rotatable bonds is 11. The van der Waals surface area contributed by atoms with Crippen LogP contribution in [0.25, 0.3) is 0 Å². The van der Waals surface area contributed by atoms with E-state index >= 15 is 0 Å². The first kappa shape index (κ1) is 17.7. The Hall–Kier alpha value is -1.31. The van der Waals surface area contributed by atoms with Gasteiger partial charge in [-0.05, 0) is 36.5 Å². The molecule has 0 saturated carbocycles. The molecule has 21 heavy (non-hydrogen) atoms. The number of carbonyl (C=O) groups is 1. The second-order valence-electron chi connectivity index (χ2n) is 5.97. The molecule has 0 bridgehead atoms. The molecule has 0 aliphatic heterocycles. The summed E-state index contributed by atoms with van der Waals surface area (Å²) in [5.74, 6) is -0.247. The van der Waals surface area contributed by atoms with Crippen LogP contribution in [0.15, 0.2) is 24.3 Å². The third-order valence-electron chi connectivity index (χ3n) is 4.19. The minimum Gasteiger partial charge on any atom is -0.478 e. The normalized spacial score (nSPS) is 12.3. The van der Waals surface area contributed by atoms with Crippen LogP contribution in [-0.4, -0.2) is 11.1 Å². The lowest BCUT2D eigenvalue weighted by atomic mass is 9.88. The van der Waals surface area contributed by atoms with Crippen molar-refractivity contribution in [3.05, 3.63) is 35.4 Å². The fourth-order valence-electron chi connectivity index (χ4n) is 2.83. The molecule has 0 fully saturated rings. The van der Waals surface area contributed by atoms with Gasteiger partial charge >= 0.3 is 5.97 Å². The summed E-state index contributed by atoms with van der Waals surface area (Å²) >= 11 is 0. The van der Waals surface area contributed by atoms with Crippen LogP contribution >= 0.6 is 0 Å². The first-order valence-corrected chi connectivity index (χ1v) is 8.52. The fraction of sp³-hybridized carbons (Fsp3) is 0.632. The summed E-state index contributed by atoms with van der Waals surface area (Å²) in [6.45, 7) is 4.47. The molecule has 0 aliphatic rings. The van der Waals surface area contributed by atoms with Crippen molar-refractivity contribution in [3.8, 4) is 0 Å². The fourth-order valence-corrected chi connectivity index (χ4v) is 2.83. The Morgan fingerprint density at radius 2 is 1.43 bits per heavy atom. The van der Waals surface area contributed by atoms with E-state index in [1.54, 1.807) is 12.1 Å². The van der Waals surface area contributed by atoms with E-state index in [0.717, 1.165) is 0 Å². The number of carboxylic acids is 1. The largest absolute Gasteiger partial charge is 0.478 e. The minimum absolute atomic E-state index is 0.386. The molecule has 0 spiro atoms. The van der Waals surface area contributed by atoms with Gasteiger partial charge in [-0.25, -0.2) is 4.79 Å². The molecule has 1 atom stereocenters. The van der Waals surface area contributed by atoms with E-state index in [2.05, 4.69) is 13.8 Å². The summed E-state index contributed by atoms with van der Waals surface area (Å²) in [7, 11) is 0. The van der Waals surface area contributed by atoms with E-state index < -0.39 is 5.97 Å². The molecule has 2 nitrogen and oxygen atoms in total. The number of unbranched alkanes of at least 4 members (excludes halogenated alkanes) is 5. The number of aromatic carboxylic acids is 1. The molecular formula is C19H30O2. The molecule has 1 rings (SSSR count). The van der Waals surface area contributed by atoms with Crippen LogP contribution in [0.3, 0.4) is 0 Å². The standard InChI is InChI=1S/C19H30O2/c1-3-5-7-9-11-16(10-8-6-4-2)17-12-14-18(15-13-17)19(20)21/h12-16H,3-11H2,1-2H3,(H,20,21). The molecule has 1 unspecified atom stereocenters. The maximum absolute atomic E-state index is 10.9. The molecule has 0 aromatic heterocycles. The van der Waals surface area contributed by atoms with Crippen LogP contribution in [0.4, 0.5) is 0 Å². The summed E-state index contributed by atoms with van der Waals surface area (Å²) in [6.07, 6.45) is 11.5. The molecule has 1 aromatic rings. The second-order valence-corrected chi connectivity index (χ2v) is 5.97. The minimum atomic E-state index is -0.841. The second kappa shape index (κ2) is 10.4. The zero-order valence-corrected chi connectivity index (χ0v) is 13.6. The molecular weight excluding hydrogens is 260 g/mol. The van der Waals surface area contributed by atoms with E-state index in [4.69, 9.17) is 5.11 Å². The SMILES string of the molecule is CCCCCCC(CCCCC)c1ccc(C(=O)O)cc1. The molecule has 1 aromatic carbocycles. The van der Waals surface area contributed by atoms with Gasteiger partial charge in [0.25, 0.3) is 0 Å². The lowest BCUT2D eigenvalue weighted by Crippen LogP contribution is -2.02. The third-order valence-corrected chi connectivity index (χ3v) is 4.19. The average molecular weight is 290 g/mol. The Bertz CT molecular complexity index is 395. The summed E-state index contributed by atoms with van der Waals surface area (Å²) in [5, 5.41) is 8.99. The monoisotopic (exact) mass is 290 g/mol. The summed E-state index contributed by atoms with van der Waals surface area (Å²) in [4.78, 5) is 10.9. The van der Waals surface area contributed by atoms with Crippen molar-refractivity contribution >= 4 is 5.97 Å². The van der Waals surface area contributed by atoms with Gasteiger partial charge in [-0.1, -0.05) is 70.9 Å². The van der Waals surface area contributed by atoms with Crippen LogP contribution in [0.1, 0.15) is 93.5 Å². The van der Waals surface area contributed by atoms with Gasteiger partial charge in [0.2, 0.25) is 0 Å². The highest BCUT2D eigenvalue weighted by molar-refractivity contribution is 5.87. The summed E-state index contributed by atoms with van der Waals surface area (Å²) < 4.78 is 0. The van der Waals surface area contributed by atoms with Crippen molar-refractivity contribution in [1.29, 1.82) is 0 Å². The van der Waals surface area contributed by atoms with Crippen molar-refractivity contribution < 1.29 is 9.90 Å². The van der Waals surface area contributed by atoms with Crippen molar-refractivity contribution in [2.75, 3.05) is 0 Å². The topological polar surface area (TPSA) is 37.3 Å². The van der Waals surface area contributed by atoms with Gasteiger partial charge in [0, 0.05) is 0 Å². The Labute approximate surface area is 129 Å². The van der Waals surface area contributed by atoms with Crippen LogP contribution in [0.2, 0.25) is 0 Å². The Balaban J connectivity index is 2.62. The highest BCUT2D eigenvalue weighted by atomic mass is 16.4. The molecule has 0 heterocycles. The molecule has 0 aliphatic carbocycles. The van der Waals surface area contributed by atoms with Crippen LogP contribution < -0.4 is 0 Å². The zero-order chi connectivity index (χ0) is 15.5. The maximum Gasteiger partial charge on any atom is 0.335 e. The molecule has 2 heteroatoms. The molecule has 1 N–H and O–H groups in total. The molecule has 0 saturated heterocycles. The maximum atomic E-state index is 10.9. The number of hydrogen-bond donors (Lipinski definition) is 1. The predicted octanol–water partition coefficient (Wildman–Crippen LogP) is 6.02. The van der Waals surface area contributed by atoms with Gasteiger partial charge in [0.15, 0.2) is 0 Å². The highest BCUT2D eigenvalue weighted by Gasteiger charge is 2.12. The van der Waals surface area contributed by atoms with Gasteiger partial charge in [-0.2, -0.15) is 0 Å². The third kappa shape index (κ3) is 6.79. The van der Waals surface area contributed by atoms with Crippen molar-refractivity contribution in [2.24, 2.45) is 0 Å². The quantitative estimate of drug-likeness (QED) is 0.506. The van der Waals surface area contributed by atoms with E-state index in [1.807, 2.05) is 12.1 Å². The molecule has 0 radical (unpaired) electrons. The van der Waals surface area contributed by atoms with Gasteiger partial charge in [0.05, 0.1) is 5.56 Å². The first-order chi connectivity index (χ1) is 10.2. The molecule has 0 amide bonds. The van der Waals surface area contributed by atoms with E-state index in [-0.39, 0.29) is 0 Å². The number of carboxylic acid groups (broad SMARTS) is 1. The van der Waals surface area contributed by atoms with E-state index in [1.165, 1.54) is 63.4 Å². The van der Waals surface area contributed by atoms with E-state index in [0.29, 0.717) is 11.5 Å². The predicted molar refractivity (Wildman–Crippen MR) is 89.0 cm³/mol. The highest BCUT2D eigenvalue weighted by Crippen LogP contribution is 2.28. The van der Waals surface area contributed by atoms with Crippen molar-refractivity contribution in [3.63, 3.8) is 0 Å². The van der Waals surface area contributed by atoms with Crippen LogP contribution in [0.5, 0.6) is 0 Å². The van der Waals surface area contributed by atoms with E-state index in [9.17, 15) is 4.79 Å². The van der Waals surface area contributed by atoms with Gasteiger partial charge in [0.1, 0.15) is 0 Å². The van der Waals surface area contributed by atoms with Crippen LogP contribution in [-0.2, 0) is 0 Å². The zero-order valence-electron chi connectivity index (χ0n) is 13.6. The Morgan fingerprint density at radius 3 is 1.95 bits per heavy atom. The van der Waals surface area contributed by atoms with Gasteiger partial charge < -0.3 is 5.11 Å². The van der Waals surface area contributed by atoms with Crippen molar-refractivity contribution in [1.82, 2.24) is 0 Å². The first-order valence-electron chi connectivity index (χ1n) is 8.52. The van der Waals surface area contributed by atoms with Gasteiger partial charge in [-0.3, -0.25) is 0 Å². The Kier molecular flexibility index (Phi) is 8.80. The smallest absolute Gasteiger partial charge is 0.335 e. The lowest BCUT2D eigenvalue weighted by Gasteiger charge is -2.17. The number of benzene rings is 1. The summed E-state index contributed by atoms with van der Waals surface area (Å²) in [5.41, 5.74) is 1.70.